The van der Waals surface area contributed by atoms with Gasteiger partial charge in [-0.25, -0.2) is 0 Å². The molecule has 2 aromatic rings. The Balaban J connectivity index is 1.80. The Morgan fingerprint density at radius 3 is 2.52 bits per heavy atom. The molecule has 27 heavy (non-hydrogen) atoms. The van der Waals surface area contributed by atoms with Crippen molar-refractivity contribution in [3.63, 3.8) is 0 Å². The van der Waals surface area contributed by atoms with Crippen LogP contribution in [0.15, 0.2) is 47.0 Å². The number of hydrogen-bond donors (Lipinski definition) is 0. The van der Waals surface area contributed by atoms with Gasteiger partial charge >= 0.3 is 5.97 Å². The summed E-state index contributed by atoms with van der Waals surface area (Å²) in [6.07, 6.45) is 0.677. The maximum absolute atomic E-state index is 12.6. The Labute approximate surface area is 168 Å². The molecule has 0 heterocycles. The minimum atomic E-state index is -0.975. The smallest absolute Gasteiger partial charge is 0.311 e. The molecule has 6 heteroatoms. The van der Waals surface area contributed by atoms with E-state index in [-0.39, 0.29) is 21.7 Å². The van der Waals surface area contributed by atoms with Gasteiger partial charge in [0.05, 0.1) is 13.0 Å². The van der Waals surface area contributed by atoms with Crippen molar-refractivity contribution >= 4 is 39.9 Å². The quantitative estimate of drug-likeness (QED) is 0.614. The number of rotatable bonds is 5. The van der Waals surface area contributed by atoms with Crippen molar-refractivity contribution < 1.29 is 14.3 Å². The van der Waals surface area contributed by atoms with Gasteiger partial charge < -0.3 is 9.47 Å². The van der Waals surface area contributed by atoms with Crippen LogP contribution < -0.4 is 4.74 Å². The lowest BCUT2D eigenvalue weighted by molar-refractivity contribution is -0.149. The Morgan fingerprint density at radius 2 is 1.89 bits per heavy atom. The first kappa shape index (κ1) is 19.5. The second-order valence-electron chi connectivity index (χ2n) is 7.20. The molecule has 2 aromatic carbocycles. The van der Waals surface area contributed by atoms with E-state index in [1.54, 1.807) is 19.3 Å². The lowest BCUT2D eigenvalue weighted by Gasteiger charge is -2.13. The molecule has 0 amide bonds. The number of esters is 1. The first-order valence-electron chi connectivity index (χ1n) is 8.48. The minimum absolute atomic E-state index is 0.0987. The molecule has 3 rings (SSSR count). The standard InChI is InChI=1S/C21H19Cl2NO3/c1-21(2)16(10-18(22)23)19(21)20(25)27-17(11-24)14-5-4-13-9-15(26-3)7-6-12(13)8-14/h4-10,16-17,19H,1-3H3/t16-,17-,19+/m0/s1. The largest absolute Gasteiger partial charge is 0.497 e. The van der Waals surface area contributed by atoms with E-state index in [1.165, 1.54) is 0 Å². The highest BCUT2D eigenvalue weighted by Gasteiger charge is 2.62. The molecule has 1 aliphatic carbocycles. The number of nitrogens with zero attached hydrogens (tertiary/aromatic N) is 1. The normalized spacial score (nSPS) is 21.0. The molecule has 140 valence electrons. The maximum Gasteiger partial charge on any atom is 0.311 e. The number of benzene rings is 2. The van der Waals surface area contributed by atoms with E-state index in [4.69, 9.17) is 32.7 Å². The highest BCUT2D eigenvalue weighted by molar-refractivity contribution is 6.55. The minimum Gasteiger partial charge on any atom is -0.497 e. The van der Waals surface area contributed by atoms with E-state index in [0.29, 0.717) is 5.56 Å². The van der Waals surface area contributed by atoms with Crippen molar-refractivity contribution in [2.45, 2.75) is 20.0 Å². The molecule has 4 nitrogen and oxygen atoms in total. The lowest BCUT2D eigenvalue weighted by Crippen LogP contribution is -2.14. The lowest BCUT2D eigenvalue weighted by atomic mass is 10.0. The van der Waals surface area contributed by atoms with Gasteiger partial charge in [0, 0.05) is 5.56 Å². The van der Waals surface area contributed by atoms with Crippen LogP contribution in [-0.2, 0) is 9.53 Å². The van der Waals surface area contributed by atoms with E-state index in [9.17, 15) is 10.1 Å². The third-order valence-corrected chi connectivity index (χ3v) is 5.45. The zero-order valence-corrected chi connectivity index (χ0v) is 16.7. The van der Waals surface area contributed by atoms with Gasteiger partial charge in [-0.05, 0) is 46.4 Å². The Morgan fingerprint density at radius 1 is 1.22 bits per heavy atom. The average Bonchev–Trinajstić information content (AvgIpc) is 3.17. The van der Waals surface area contributed by atoms with E-state index in [1.807, 2.05) is 44.2 Å². The van der Waals surface area contributed by atoms with Gasteiger partial charge in [0.25, 0.3) is 0 Å². The van der Waals surface area contributed by atoms with Crippen LogP contribution in [0, 0.1) is 28.6 Å². The molecule has 1 fully saturated rings. The summed E-state index contributed by atoms with van der Waals surface area (Å²) >= 11 is 11.5. The number of allylic oxidation sites excluding steroid dienone is 1. The topological polar surface area (TPSA) is 59.3 Å². The zero-order valence-electron chi connectivity index (χ0n) is 15.2. The molecule has 0 unspecified atom stereocenters. The fraction of sp³-hybridized carbons (Fsp3) is 0.333. The van der Waals surface area contributed by atoms with Crippen molar-refractivity contribution in [2.24, 2.45) is 17.3 Å². The number of fused-ring (bicyclic) bond motifs is 1. The van der Waals surface area contributed by atoms with E-state index in [2.05, 4.69) is 6.07 Å². The maximum atomic E-state index is 12.6. The molecule has 0 N–H and O–H groups in total. The summed E-state index contributed by atoms with van der Waals surface area (Å²) in [5.74, 6) is -0.132. The van der Waals surface area contributed by atoms with Crippen LogP contribution >= 0.6 is 23.2 Å². The van der Waals surface area contributed by atoms with Crippen LogP contribution in [0.3, 0.4) is 0 Å². The summed E-state index contributed by atoms with van der Waals surface area (Å²) in [6.45, 7) is 3.89. The van der Waals surface area contributed by atoms with Crippen molar-refractivity contribution in [2.75, 3.05) is 7.11 Å². The van der Waals surface area contributed by atoms with Crippen LogP contribution in [-0.4, -0.2) is 13.1 Å². The van der Waals surface area contributed by atoms with Crippen molar-refractivity contribution in [1.29, 1.82) is 5.26 Å². The van der Waals surface area contributed by atoms with Crippen LogP contribution in [0.1, 0.15) is 25.5 Å². The van der Waals surface area contributed by atoms with E-state index >= 15 is 0 Å². The van der Waals surface area contributed by atoms with Gasteiger partial charge in [0.15, 0.2) is 0 Å². The van der Waals surface area contributed by atoms with Gasteiger partial charge in [-0.3, -0.25) is 4.79 Å². The van der Waals surface area contributed by atoms with Crippen molar-refractivity contribution in [3.05, 3.63) is 52.5 Å². The van der Waals surface area contributed by atoms with E-state index in [0.717, 1.165) is 16.5 Å². The highest BCUT2D eigenvalue weighted by atomic mass is 35.5. The monoisotopic (exact) mass is 403 g/mol. The fourth-order valence-corrected chi connectivity index (χ4v) is 3.74. The molecule has 0 spiro atoms. The van der Waals surface area contributed by atoms with Crippen LogP contribution in [0.2, 0.25) is 0 Å². The molecular weight excluding hydrogens is 385 g/mol. The van der Waals surface area contributed by atoms with Gasteiger partial charge in [-0.2, -0.15) is 5.26 Å². The number of carbonyl (C=O) groups excluding carboxylic acids is 1. The van der Waals surface area contributed by atoms with Gasteiger partial charge in [-0.1, -0.05) is 55.2 Å². The number of carbonyl (C=O) groups is 1. The number of hydrogen-bond acceptors (Lipinski definition) is 4. The zero-order chi connectivity index (χ0) is 19.8. The molecule has 0 aromatic heterocycles. The third kappa shape index (κ3) is 3.90. The van der Waals surface area contributed by atoms with Crippen molar-refractivity contribution in [1.82, 2.24) is 0 Å². The second-order valence-corrected chi connectivity index (χ2v) is 8.21. The summed E-state index contributed by atoms with van der Waals surface area (Å²) in [7, 11) is 1.61. The molecule has 0 radical (unpaired) electrons. The molecule has 3 atom stereocenters. The van der Waals surface area contributed by atoms with Gasteiger partial charge in [0.1, 0.15) is 16.3 Å². The van der Waals surface area contributed by atoms with Gasteiger partial charge in [-0.15, -0.1) is 0 Å². The molecule has 0 bridgehead atoms. The van der Waals surface area contributed by atoms with E-state index < -0.39 is 12.1 Å². The summed E-state index contributed by atoms with van der Waals surface area (Å²) in [4.78, 5) is 12.6. The summed E-state index contributed by atoms with van der Waals surface area (Å²) < 4.78 is 10.9. The predicted molar refractivity (Wildman–Crippen MR) is 105 cm³/mol. The Bertz CT molecular complexity index is 958. The molecule has 1 saturated carbocycles. The number of halogens is 2. The van der Waals surface area contributed by atoms with Gasteiger partial charge in [0.2, 0.25) is 6.10 Å². The number of nitriles is 1. The average molecular weight is 404 g/mol. The Hall–Kier alpha value is -2.22. The van der Waals surface area contributed by atoms with Crippen LogP contribution in [0.4, 0.5) is 0 Å². The highest BCUT2D eigenvalue weighted by Crippen LogP contribution is 2.60. The summed E-state index contributed by atoms with van der Waals surface area (Å²) in [6, 6.07) is 13.2. The third-order valence-electron chi connectivity index (χ3n) is 5.20. The second kappa shape index (κ2) is 7.42. The first-order valence-corrected chi connectivity index (χ1v) is 9.24. The Kier molecular flexibility index (Phi) is 5.37. The fourth-order valence-electron chi connectivity index (χ4n) is 3.47. The predicted octanol–water partition coefficient (Wildman–Crippen LogP) is 5.55. The molecular formula is C21H19Cl2NO3. The van der Waals surface area contributed by atoms with Crippen LogP contribution in [0.25, 0.3) is 10.8 Å². The summed E-state index contributed by atoms with van der Waals surface area (Å²) in [5, 5.41) is 11.4. The molecule has 0 aliphatic heterocycles. The number of ether oxygens (including phenoxy) is 2. The van der Waals surface area contributed by atoms with Crippen LogP contribution in [0.5, 0.6) is 5.75 Å². The molecule has 0 saturated heterocycles. The SMILES string of the molecule is COc1ccc2cc([C@H](C#N)OC(=O)[C@H]3[C@H](C=C(Cl)Cl)C3(C)C)ccc2c1. The molecule has 1 aliphatic rings. The van der Waals surface area contributed by atoms with Crippen molar-refractivity contribution in [3.8, 4) is 11.8 Å². The first-order chi connectivity index (χ1) is 12.8. The summed E-state index contributed by atoms with van der Waals surface area (Å²) in [5.41, 5.74) is 0.330. The number of methoxy groups -OCH3 is 1.